The van der Waals surface area contributed by atoms with Crippen LogP contribution in [0.5, 0.6) is 0 Å². The number of Topliss-reactive ketones (excluding diaryl/α,β-unsaturated/α-hetero) is 1. The van der Waals surface area contributed by atoms with Crippen molar-refractivity contribution >= 4 is 11.6 Å². The molecular weight excluding hydrogens is 418 g/mol. The van der Waals surface area contributed by atoms with E-state index in [1.807, 2.05) is 6.92 Å². The number of carbonyl (C=O) groups excluding carboxylic acids is 2. The molecule has 0 radical (unpaired) electrons. The van der Waals surface area contributed by atoms with Gasteiger partial charge in [-0.15, -0.1) is 0 Å². The van der Waals surface area contributed by atoms with Crippen LogP contribution in [0.15, 0.2) is 23.8 Å². The molecule has 1 saturated heterocycles. The molecule has 32 heavy (non-hydrogen) atoms. The number of carbonyl (C=O) groups is 2. The van der Waals surface area contributed by atoms with Crippen molar-refractivity contribution in [2.45, 2.75) is 95.7 Å². The number of hydrogen-bond acceptors (Lipinski definition) is 5. The Balaban J connectivity index is 1.66. The second kappa shape index (κ2) is 6.36. The summed E-state index contributed by atoms with van der Waals surface area (Å²) in [4.78, 5) is 25.3. The number of halogens is 2. The van der Waals surface area contributed by atoms with Crippen LogP contribution in [0.3, 0.4) is 0 Å². The first kappa shape index (κ1) is 22.4. The van der Waals surface area contributed by atoms with Gasteiger partial charge in [-0.3, -0.25) is 9.59 Å². The first-order chi connectivity index (χ1) is 14.8. The average Bonchev–Trinajstić information content (AvgIpc) is 3.11. The van der Waals surface area contributed by atoms with E-state index in [4.69, 9.17) is 9.47 Å². The summed E-state index contributed by atoms with van der Waals surface area (Å²) in [5.41, 5.74) is -5.74. The number of rotatable bonds is 2. The van der Waals surface area contributed by atoms with E-state index in [-0.39, 0.29) is 36.4 Å². The Bertz CT molecular complexity index is 958. The highest BCUT2D eigenvalue weighted by atomic mass is 19.1. The van der Waals surface area contributed by atoms with Crippen LogP contribution in [0.1, 0.15) is 60.3 Å². The molecule has 0 aromatic heterocycles. The number of allylic oxidation sites excluding steroid dienone is 4. The average molecular weight is 451 g/mol. The Morgan fingerprint density at radius 1 is 1.22 bits per heavy atom. The zero-order valence-electron chi connectivity index (χ0n) is 19.3. The highest BCUT2D eigenvalue weighted by molar-refractivity contribution is 6.01. The van der Waals surface area contributed by atoms with Crippen molar-refractivity contribution in [1.29, 1.82) is 0 Å². The van der Waals surface area contributed by atoms with Crippen LogP contribution in [0.2, 0.25) is 0 Å². The summed E-state index contributed by atoms with van der Waals surface area (Å²) in [6.45, 7) is 8.73. The fourth-order valence-corrected chi connectivity index (χ4v) is 8.06. The lowest BCUT2D eigenvalue weighted by molar-refractivity contribution is -0.248. The van der Waals surface area contributed by atoms with Gasteiger partial charge in [0.2, 0.25) is 0 Å². The van der Waals surface area contributed by atoms with E-state index in [9.17, 15) is 14.7 Å². The van der Waals surface area contributed by atoms with Gasteiger partial charge in [0.25, 0.3) is 0 Å². The Kier molecular flexibility index (Phi) is 4.45. The molecule has 3 saturated carbocycles. The van der Waals surface area contributed by atoms with E-state index in [1.165, 1.54) is 18.2 Å². The van der Waals surface area contributed by atoms with Crippen molar-refractivity contribution in [3.8, 4) is 0 Å². The molecule has 4 fully saturated rings. The summed E-state index contributed by atoms with van der Waals surface area (Å²) in [6, 6.07) is 0. The summed E-state index contributed by atoms with van der Waals surface area (Å²) in [6.07, 6.45) is 0.754. The quantitative estimate of drug-likeness (QED) is 0.693. The number of aliphatic hydroxyl groups is 1. The van der Waals surface area contributed by atoms with E-state index >= 15 is 8.78 Å². The van der Waals surface area contributed by atoms with Gasteiger partial charge in [0, 0.05) is 23.2 Å². The maximum Gasteiger partial charge on any atom is 0.178 e. The van der Waals surface area contributed by atoms with E-state index in [0.717, 1.165) is 0 Å². The highest BCUT2D eigenvalue weighted by Gasteiger charge is 2.80. The van der Waals surface area contributed by atoms with Crippen LogP contribution in [-0.2, 0) is 19.1 Å². The summed E-state index contributed by atoms with van der Waals surface area (Å²) in [5.74, 6) is -2.75. The molecule has 0 amide bonds. The monoisotopic (exact) mass is 450 g/mol. The summed E-state index contributed by atoms with van der Waals surface area (Å²) < 4.78 is 45.2. The van der Waals surface area contributed by atoms with Gasteiger partial charge in [0.05, 0.1) is 12.2 Å². The standard InChI is InChI=1S/C25H32F2O5/c1-6-18(29)25-20(31-21(2,3)32-25)11-14-15-10-17(26)16-9-13(28)7-8-22(16,4)24(15,27)19(30)12-23(14,25)5/h7-9,14-15,17,19-20,30H,6,10-12H2,1-5H3/t14-,15-,17-,19-,20-,22-,23-,24-,25+/m0/s1. The normalized spacial score (nSPS) is 53.2. The molecule has 9 atom stereocenters. The zero-order valence-corrected chi connectivity index (χ0v) is 19.3. The fraction of sp³-hybridized carbons (Fsp3) is 0.760. The van der Waals surface area contributed by atoms with E-state index < -0.39 is 58.1 Å². The largest absolute Gasteiger partial charge is 0.390 e. The summed E-state index contributed by atoms with van der Waals surface area (Å²) in [7, 11) is 0. The van der Waals surface area contributed by atoms with Gasteiger partial charge in [0.1, 0.15) is 6.17 Å². The van der Waals surface area contributed by atoms with Gasteiger partial charge in [-0.2, -0.15) is 0 Å². The molecule has 0 unspecified atom stereocenters. The van der Waals surface area contributed by atoms with Gasteiger partial charge in [-0.25, -0.2) is 8.78 Å². The van der Waals surface area contributed by atoms with Crippen molar-refractivity contribution < 1.29 is 33.0 Å². The molecule has 5 rings (SSSR count). The lowest BCUT2D eigenvalue weighted by Crippen LogP contribution is -2.70. The van der Waals surface area contributed by atoms with Crippen LogP contribution in [0.25, 0.3) is 0 Å². The van der Waals surface area contributed by atoms with Gasteiger partial charge in [-0.1, -0.05) is 19.9 Å². The van der Waals surface area contributed by atoms with E-state index in [2.05, 4.69) is 0 Å². The minimum atomic E-state index is -2.17. The minimum Gasteiger partial charge on any atom is -0.390 e. The molecule has 7 heteroatoms. The molecule has 1 aliphatic heterocycles. The van der Waals surface area contributed by atoms with Crippen molar-refractivity contribution in [2.24, 2.45) is 22.7 Å². The second-order valence-electron chi connectivity index (χ2n) is 11.2. The number of ketones is 2. The van der Waals surface area contributed by atoms with Crippen LogP contribution in [0, 0.1) is 22.7 Å². The predicted molar refractivity (Wildman–Crippen MR) is 112 cm³/mol. The molecule has 5 nitrogen and oxygen atoms in total. The van der Waals surface area contributed by atoms with Crippen LogP contribution < -0.4 is 0 Å². The maximum absolute atomic E-state index is 17.2. The number of alkyl halides is 2. The molecule has 0 aromatic carbocycles. The lowest BCUT2D eigenvalue weighted by Gasteiger charge is -2.63. The summed E-state index contributed by atoms with van der Waals surface area (Å²) >= 11 is 0. The molecule has 4 aliphatic carbocycles. The topological polar surface area (TPSA) is 72.8 Å². The highest BCUT2D eigenvalue weighted by Crippen LogP contribution is 2.72. The second-order valence-corrected chi connectivity index (χ2v) is 11.2. The number of ether oxygens (including phenoxy) is 2. The van der Waals surface area contributed by atoms with E-state index in [1.54, 1.807) is 27.7 Å². The van der Waals surface area contributed by atoms with Crippen LogP contribution >= 0.6 is 0 Å². The third-order valence-corrected chi connectivity index (χ3v) is 9.36. The molecule has 5 aliphatic rings. The van der Waals surface area contributed by atoms with Crippen molar-refractivity contribution in [1.82, 2.24) is 0 Å². The lowest BCUT2D eigenvalue weighted by atomic mass is 9.44. The molecule has 0 aromatic rings. The van der Waals surface area contributed by atoms with Gasteiger partial charge < -0.3 is 14.6 Å². The first-order valence-electron chi connectivity index (χ1n) is 11.6. The molecule has 0 bridgehead atoms. The van der Waals surface area contributed by atoms with Crippen LogP contribution in [-0.4, -0.2) is 52.1 Å². The first-order valence-corrected chi connectivity index (χ1v) is 11.6. The van der Waals surface area contributed by atoms with Gasteiger partial charge >= 0.3 is 0 Å². The van der Waals surface area contributed by atoms with Crippen molar-refractivity contribution in [2.75, 3.05) is 0 Å². The van der Waals surface area contributed by atoms with Crippen molar-refractivity contribution in [3.63, 3.8) is 0 Å². The van der Waals surface area contributed by atoms with Gasteiger partial charge in [0.15, 0.2) is 28.6 Å². The Hall–Kier alpha value is -1.44. The van der Waals surface area contributed by atoms with Gasteiger partial charge in [-0.05, 0) is 63.7 Å². The SMILES string of the molecule is CCC(=O)[C@@]12OC(C)(C)O[C@H]1C[C@H]1[C@@H]3C[C@H](F)C4=CC(=O)C=C[C@]4(C)[C@@]3(F)[C@@H](O)C[C@@]12C. The minimum absolute atomic E-state index is 0.00600. The van der Waals surface area contributed by atoms with Crippen molar-refractivity contribution in [3.05, 3.63) is 23.8 Å². The molecular formula is C25H32F2O5. The smallest absolute Gasteiger partial charge is 0.178 e. The molecule has 0 spiro atoms. The predicted octanol–water partition coefficient (Wildman–Crippen LogP) is 3.78. The Morgan fingerprint density at radius 3 is 2.56 bits per heavy atom. The third-order valence-electron chi connectivity index (χ3n) is 9.36. The third kappa shape index (κ3) is 2.33. The Labute approximate surface area is 187 Å². The maximum atomic E-state index is 17.2. The number of hydrogen-bond donors (Lipinski definition) is 1. The number of aliphatic hydroxyl groups excluding tert-OH is 1. The summed E-state index contributed by atoms with van der Waals surface area (Å²) in [5, 5.41) is 11.4. The molecule has 1 N–H and O–H groups in total. The molecule has 1 heterocycles. The Morgan fingerprint density at radius 2 is 1.91 bits per heavy atom. The van der Waals surface area contributed by atoms with Crippen LogP contribution in [0.4, 0.5) is 8.78 Å². The fourth-order valence-electron chi connectivity index (χ4n) is 8.06. The molecule has 176 valence electrons. The van der Waals surface area contributed by atoms with E-state index in [0.29, 0.717) is 6.42 Å². The zero-order chi connectivity index (χ0) is 23.5. The number of fused-ring (bicyclic) bond motifs is 7.